The Morgan fingerprint density at radius 1 is 1.19 bits per heavy atom. The summed E-state index contributed by atoms with van der Waals surface area (Å²) in [6, 6.07) is -0.111. The molecule has 16 heavy (non-hydrogen) atoms. The first-order chi connectivity index (χ1) is 7.60. The molecule has 90 valence electrons. The highest BCUT2D eigenvalue weighted by Crippen LogP contribution is 2.39. The van der Waals surface area contributed by atoms with Crippen LogP contribution in [0.3, 0.4) is 0 Å². The first-order valence-electron chi connectivity index (χ1n) is 6.19. The van der Waals surface area contributed by atoms with Crippen LogP contribution in [0.5, 0.6) is 0 Å². The van der Waals surface area contributed by atoms with Crippen molar-refractivity contribution in [3.63, 3.8) is 0 Å². The molecule has 4 heteroatoms. The Bertz CT molecular complexity index is 308. The van der Waals surface area contributed by atoms with E-state index in [0.29, 0.717) is 13.0 Å². The van der Waals surface area contributed by atoms with Crippen molar-refractivity contribution in [2.75, 3.05) is 13.6 Å². The van der Waals surface area contributed by atoms with E-state index in [-0.39, 0.29) is 17.5 Å². The molecule has 0 N–H and O–H groups in total. The maximum atomic E-state index is 12.1. The van der Waals surface area contributed by atoms with Crippen LogP contribution in [0.2, 0.25) is 0 Å². The highest BCUT2D eigenvalue weighted by molar-refractivity contribution is 5.97. The Balaban J connectivity index is 2.23. The van der Waals surface area contributed by atoms with Crippen LogP contribution in [-0.4, -0.2) is 40.9 Å². The Hall–Kier alpha value is -1.06. The zero-order valence-electron chi connectivity index (χ0n) is 10.2. The Morgan fingerprint density at radius 3 is 2.38 bits per heavy atom. The lowest BCUT2D eigenvalue weighted by atomic mass is 9.77. The van der Waals surface area contributed by atoms with Gasteiger partial charge in [-0.2, -0.15) is 0 Å². The second-order valence-electron chi connectivity index (χ2n) is 4.94. The van der Waals surface area contributed by atoms with Crippen LogP contribution in [-0.2, 0) is 4.79 Å². The summed E-state index contributed by atoms with van der Waals surface area (Å²) in [5.41, 5.74) is -0.169. The first-order valence-corrected chi connectivity index (χ1v) is 6.19. The Labute approximate surface area is 96.6 Å². The third-order valence-electron chi connectivity index (χ3n) is 4.11. The third kappa shape index (κ3) is 1.60. The number of carbonyl (C=O) groups excluding carboxylic acids is 2. The minimum atomic E-state index is -0.169. The van der Waals surface area contributed by atoms with E-state index in [1.165, 1.54) is 11.3 Å². The van der Waals surface area contributed by atoms with E-state index in [2.05, 4.69) is 0 Å². The van der Waals surface area contributed by atoms with Crippen molar-refractivity contribution in [2.45, 2.75) is 51.0 Å². The Morgan fingerprint density at radius 2 is 1.81 bits per heavy atom. The van der Waals surface area contributed by atoms with Crippen molar-refractivity contribution in [2.24, 2.45) is 0 Å². The minimum absolute atomic E-state index is 0.00694. The molecule has 0 aromatic heterocycles. The summed E-state index contributed by atoms with van der Waals surface area (Å²) in [5, 5.41) is 0. The SMILES string of the molecule is CCN1C(=O)CC2(CCCCC2)N(C)C1=O. The number of hydrogen-bond donors (Lipinski definition) is 0. The molecule has 1 aliphatic heterocycles. The molecule has 0 aromatic rings. The molecule has 1 saturated heterocycles. The molecule has 1 aliphatic carbocycles. The average Bonchev–Trinajstić information content (AvgIpc) is 2.28. The zero-order valence-corrected chi connectivity index (χ0v) is 10.2. The predicted molar refractivity (Wildman–Crippen MR) is 61.0 cm³/mol. The first kappa shape index (κ1) is 11.4. The number of imide groups is 1. The van der Waals surface area contributed by atoms with Gasteiger partial charge in [0.1, 0.15) is 0 Å². The fraction of sp³-hybridized carbons (Fsp3) is 0.833. The van der Waals surface area contributed by atoms with Gasteiger partial charge in [-0.1, -0.05) is 19.3 Å². The molecule has 0 aromatic carbocycles. The molecule has 0 unspecified atom stereocenters. The van der Waals surface area contributed by atoms with Crippen LogP contribution in [0.15, 0.2) is 0 Å². The number of amides is 3. The second-order valence-corrected chi connectivity index (χ2v) is 4.94. The van der Waals surface area contributed by atoms with Gasteiger partial charge in [0.05, 0.1) is 12.0 Å². The van der Waals surface area contributed by atoms with Crippen LogP contribution in [0.1, 0.15) is 45.4 Å². The summed E-state index contributed by atoms with van der Waals surface area (Å²) in [7, 11) is 1.85. The van der Waals surface area contributed by atoms with E-state index < -0.39 is 0 Å². The smallest absolute Gasteiger partial charge is 0.321 e. The quantitative estimate of drug-likeness (QED) is 0.683. The fourth-order valence-electron chi connectivity index (χ4n) is 3.02. The summed E-state index contributed by atoms with van der Waals surface area (Å²) in [6.07, 6.45) is 5.99. The summed E-state index contributed by atoms with van der Waals surface area (Å²) in [5.74, 6) is 0.00694. The minimum Gasteiger partial charge on any atom is -0.321 e. The van der Waals surface area contributed by atoms with Crippen molar-refractivity contribution in [1.29, 1.82) is 0 Å². The molecule has 0 radical (unpaired) electrons. The van der Waals surface area contributed by atoms with Crippen molar-refractivity contribution in [3.8, 4) is 0 Å². The van der Waals surface area contributed by atoms with E-state index in [9.17, 15) is 9.59 Å². The van der Waals surface area contributed by atoms with E-state index in [0.717, 1.165) is 25.7 Å². The van der Waals surface area contributed by atoms with Gasteiger partial charge >= 0.3 is 6.03 Å². The van der Waals surface area contributed by atoms with E-state index in [1.807, 2.05) is 18.9 Å². The normalized spacial score (nSPS) is 25.4. The van der Waals surface area contributed by atoms with Crippen LogP contribution in [0.4, 0.5) is 4.79 Å². The molecule has 1 heterocycles. The van der Waals surface area contributed by atoms with Gasteiger partial charge in [-0.3, -0.25) is 9.69 Å². The number of hydrogen-bond acceptors (Lipinski definition) is 2. The lowest BCUT2D eigenvalue weighted by molar-refractivity contribution is -0.136. The van der Waals surface area contributed by atoms with Gasteiger partial charge < -0.3 is 4.90 Å². The predicted octanol–water partition coefficient (Wildman–Crippen LogP) is 1.99. The maximum absolute atomic E-state index is 12.1. The largest absolute Gasteiger partial charge is 0.326 e. The van der Waals surface area contributed by atoms with Crippen molar-refractivity contribution < 1.29 is 9.59 Å². The van der Waals surface area contributed by atoms with Gasteiger partial charge in [0, 0.05) is 13.6 Å². The van der Waals surface area contributed by atoms with Gasteiger partial charge in [0.25, 0.3) is 0 Å². The second kappa shape index (κ2) is 4.07. The standard InChI is InChI=1S/C12H20N2O2/c1-3-14-10(15)9-12(13(2)11(14)16)7-5-4-6-8-12/h3-9H2,1-2H3. The molecule has 2 aliphatic rings. The Kier molecular flexibility index (Phi) is 2.91. The topological polar surface area (TPSA) is 40.6 Å². The molecule has 4 nitrogen and oxygen atoms in total. The zero-order chi connectivity index (χ0) is 11.8. The number of nitrogens with zero attached hydrogens (tertiary/aromatic N) is 2. The van der Waals surface area contributed by atoms with Crippen LogP contribution in [0, 0.1) is 0 Å². The molecule has 2 fully saturated rings. The van der Waals surface area contributed by atoms with Gasteiger partial charge in [-0.05, 0) is 19.8 Å². The number of urea groups is 1. The lowest BCUT2D eigenvalue weighted by Gasteiger charge is -2.49. The van der Waals surface area contributed by atoms with E-state index in [1.54, 1.807) is 0 Å². The molecular formula is C12H20N2O2. The highest BCUT2D eigenvalue weighted by atomic mass is 16.2. The van der Waals surface area contributed by atoms with Gasteiger partial charge in [-0.15, -0.1) is 0 Å². The van der Waals surface area contributed by atoms with Crippen LogP contribution >= 0.6 is 0 Å². The molecule has 0 bridgehead atoms. The van der Waals surface area contributed by atoms with E-state index >= 15 is 0 Å². The lowest BCUT2D eigenvalue weighted by Crippen LogP contribution is -2.62. The molecule has 3 amide bonds. The molecular weight excluding hydrogens is 204 g/mol. The summed E-state index contributed by atoms with van der Waals surface area (Å²) < 4.78 is 0. The summed E-state index contributed by atoms with van der Waals surface area (Å²) in [6.45, 7) is 2.33. The molecule has 1 saturated carbocycles. The number of rotatable bonds is 1. The molecule has 1 spiro atoms. The van der Waals surface area contributed by atoms with Gasteiger partial charge in [0.2, 0.25) is 5.91 Å². The average molecular weight is 224 g/mol. The monoisotopic (exact) mass is 224 g/mol. The van der Waals surface area contributed by atoms with Crippen molar-refractivity contribution in [3.05, 3.63) is 0 Å². The maximum Gasteiger partial charge on any atom is 0.326 e. The van der Waals surface area contributed by atoms with E-state index in [4.69, 9.17) is 0 Å². The van der Waals surface area contributed by atoms with Crippen LogP contribution in [0.25, 0.3) is 0 Å². The third-order valence-corrected chi connectivity index (χ3v) is 4.11. The van der Waals surface area contributed by atoms with Gasteiger partial charge in [0.15, 0.2) is 0 Å². The van der Waals surface area contributed by atoms with Gasteiger partial charge in [-0.25, -0.2) is 4.79 Å². The fourth-order valence-corrected chi connectivity index (χ4v) is 3.02. The van der Waals surface area contributed by atoms with Crippen molar-refractivity contribution >= 4 is 11.9 Å². The molecule has 0 atom stereocenters. The highest BCUT2D eigenvalue weighted by Gasteiger charge is 2.47. The van der Waals surface area contributed by atoms with Crippen LogP contribution < -0.4 is 0 Å². The number of carbonyl (C=O) groups is 2. The summed E-state index contributed by atoms with van der Waals surface area (Å²) in [4.78, 5) is 27.2. The summed E-state index contributed by atoms with van der Waals surface area (Å²) >= 11 is 0. The molecule has 2 rings (SSSR count). The van der Waals surface area contributed by atoms with Crippen molar-refractivity contribution in [1.82, 2.24) is 9.80 Å².